The zero-order valence-corrected chi connectivity index (χ0v) is 12.4. The topological polar surface area (TPSA) is 105 Å². The predicted molar refractivity (Wildman–Crippen MR) is 80.0 cm³/mol. The number of nitrogens with one attached hydrogen (secondary N) is 1. The zero-order valence-electron chi connectivity index (χ0n) is 10.8. The first kappa shape index (κ1) is 14.9. The molecule has 1 aromatic heterocycles. The van der Waals surface area contributed by atoms with Crippen molar-refractivity contribution >= 4 is 39.1 Å². The Bertz CT molecular complexity index is 733. The molecule has 2 rings (SSSR count). The van der Waals surface area contributed by atoms with Crippen molar-refractivity contribution < 1.29 is 14.8 Å². The molecule has 0 unspecified atom stereocenters. The van der Waals surface area contributed by atoms with Gasteiger partial charge in [-0.2, -0.15) is 0 Å². The predicted octanol–water partition coefficient (Wildman–Crippen LogP) is 3.50. The van der Waals surface area contributed by atoms with Gasteiger partial charge in [-0.25, -0.2) is 9.78 Å². The number of nitrogens with zero attached hydrogens (tertiary/aromatic N) is 2. The number of anilines is 2. The zero-order chi connectivity index (χ0) is 15.6. The van der Waals surface area contributed by atoms with Gasteiger partial charge < -0.3 is 10.4 Å². The Balaban J connectivity index is 2.39. The van der Waals surface area contributed by atoms with E-state index in [9.17, 15) is 14.9 Å². The summed E-state index contributed by atoms with van der Waals surface area (Å²) in [6.45, 7) is 1.93. The van der Waals surface area contributed by atoms with Crippen molar-refractivity contribution in [3.63, 3.8) is 0 Å². The number of hydrogen-bond donors (Lipinski definition) is 2. The van der Waals surface area contributed by atoms with Crippen LogP contribution in [0.4, 0.5) is 17.2 Å². The molecule has 21 heavy (non-hydrogen) atoms. The van der Waals surface area contributed by atoms with Crippen molar-refractivity contribution in [1.29, 1.82) is 0 Å². The SMILES string of the molecule is Cc1ccc(Nc2cc(C(=O)O)c([N+](=O)[O-])cn2)c(Br)c1. The number of pyridine rings is 1. The van der Waals surface area contributed by atoms with Crippen LogP contribution in [-0.4, -0.2) is 21.0 Å². The van der Waals surface area contributed by atoms with Gasteiger partial charge in [-0.15, -0.1) is 0 Å². The molecule has 7 nitrogen and oxygen atoms in total. The third-order valence-electron chi connectivity index (χ3n) is 2.70. The Hall–Kier alpha value is -2.48. The van der Waals surface area contributed by atoms with Gasteiger partial charge in [0, 0.05) is 10.5 Å². The number of aromatic carboxylic acids is 1. The largest absolute Gasteiger partial charge is 0.477 e. The minimum atomic E-state index is -1.38. The van der Waals surface area contributed by atoms with E-state index in [1.807, 2.05) is 19.1 Å². The monoisotopic (exact) mass is 351 g/mol. The van der Waals surface area contributed by atoms with Crippen molar-refractivity contribution in [3.05, 3.63) is 56.2 Å². The third-order valence-corrected chi connectivity index (χ3v) is 3.35. The molecule has 1 heterocycles. The highest BCUT2D eigenvalue weighted by atomic mass is 79.9. The Morgan fingerprint density at radius 2 is 2.14 bits per heavy atom. The van der Waals surface area contributed by atoms with Gasteiger partial charge in [-0.1, -0.05) is 6.07 Å². The molecule has 8 heteroatoms. The molecule has 0 bridgehead atoms. The highest BCUT2D eigenvalue weighted by molar-refractivity contribution is 9.10. The summed E-state index contributed by atoms with van der Waals surface area (Å²) >= 11 is 3.37. The summed E-state index contributed by atoms with van der Waals surface area (Å²) in [5, 5.41) is 22.7. The van der Waals surface area contributed by atoms with Crippen LogP contribution < -0.4 is 5.32 Å². The summed E-state index contributed by atoms with van der Waals surface area (Å²) in [5.74, 6) is -1.17. The summed E-state index contributed by atoms with van der Waals surface area (Å²) in [5.41, 5.74) is 0.769. The molecular formula is C13H10BrN3O4. The van der Waals surface area contributed by atoms with E-state index in [1.54, 1.807) is 6.07 Å². The quantitative estimate of drug-likeness (QED) is 0.644. The fraction of sp³-hybridized carbons (Fsp3) is 0.0769. The van der Waals surface area contributed by atoms with Crippen LogP contribution in [0, 0.1) is 17.0 Å². The molecule has 0 aliphatic rings. The molecule has 2 N–H and O–H groups in total. The maximum Gasteiger partial charge on any atom is 0.342 e. The average molecular weight is 352 g/mol. The molecule has 0 aliphatic carbocycles. The summed E-state index contributed by atoms with van der Waals surface area (Å²) in [6.07, 6.45) is 0.924. The maximum absolute atomic E-state index is 11.1. The second-order valence-corrected chi connectivity index (χ2v) is 5.11. The minimum absolute atomic E-state index is 0.211. The van der Waals surface area contributed by atoms with E-state index in [0.29, 0.717) is 5.69 Å². The highest BCUT2D eigenvalue weighted by Crippen LogP contribution is 2.28. The van der Waals surface area contributed by atoms with Crippen molar-refractivity contribution in [2.45, 2.75) is 6.92 Å². The number of carbonyl (C=O) groups is 1. The molecule has 0 radical (unpaired) electrons. The van der Waals surface area contributed by atoms with Gasteiger partial charge in [0.05, 0.1) is 10.6 Å². The van der Waals surface area contributed by atoms with Crippen molar-refractivity contribution in [3.8, 4) is 0 Å². The molecule has 0 amide bonds. The number of aryl methyl sites for hydroxylation is 1. The van der Waals surface area contributed by atoms with Crippen LogP contribution in [0.15, 0.2) is 34.9 Å². The fourth-order valence-corrected chi connectivity index (χ4v) is 2.29. The normalized spacial score (nSPS) is 10.2. The van der Waals surface area contributed by atoms with Crippen LogP contribution in [0.3, 0.4) is 0 Å². The number of carboxylic acids is 1. The summed E-state index contributed by atoms with van der Waals surface area (Å²) < 4.78 is 0.777. The second-order valence-electron chi connectivity index (χ2n) is 4.26. The van der Waals surface area contributed by atoms with E-state index < -0.39 is 22.1 Å². The van der Waals surface area contributed by atoms with Crippen LogP contribution in [0.5, 0.6) is 0 Å². The van der Waals surface area contributed by atoms with Crippen molar-refractivity contribution in [2.75, 3.05) is 5.32 Å². The van der Waals surface area contributed by atoms with Crippen molar-refractivity contribution in [2.24, 2.45) is 0 Å². The molecular weight excluding hydrogens is 342 g/mol. The molecule has 0 aliphatic heterocycles. The lowest BCUT2D eigenvalue weighted by molar-refractivity contribution is -0.385. The van der Waals surface area contributed by atoms with Gasteiger partial charge in [-0.3, -0.25) is 10.1 Å². The molecule has 2 aromatic rings. The molecule has 0 spiro atoms. The van der Waals surface area contributed by atoms with E-state index in [-0.39, 0.29) is 5.82 Å². The minimum Gasteiger partial charge on any atom is -0.477 e. The number of rotatable bonds is 4. The highest BCUT2D eigenvalue weighted by Gasteiger charge is 2.21. The number of hydrogen-bond acceptors (Lipinski definition) is 5. The number of aromatic nitrogens is 1. The van der Waals surface area contributed by atoms with Gasteiger partial charge in [0.2, 0.25) is 0 Å². The molecule has 108 valence electrons. The molecule has 0 saturated heterocycles. The smallest absolute Gasteiger partial charge is 0.342 e. The molecule has 0 saturated carbocycles. The van der Waals surface area contributed by atoms with Crippen LogP contribution >= 0.6 is 15.9 Å². The first-order valence-electron chi connectivity index (χ1n) is 5.79. The number of halogens is 1. The second kappa shape index (κ2) is 5.88. The van der Waals surface area contributed by atoms with E-state index in [4.69, 9.17) is 5.11 Å². The van der Waals surface area contributed by atoms with Gasteiger partial charge in [-0.05, 0) is 40.5 Å². The van der Waals surface area contributed by atoms with Crippen LogP contribution in [-0.2, 0) is 0 Å². The Morgan fingerprint density at radius 1 is 1.43 bits per heavy atom. The van der Waals surface area contributed by atoms with Gasteiger partial charge in [0.25, 0.3) is 0 Å². The number of carboxylic acid groups (broad SMARTS) is 1. The molecule has 1 aromatic carbocycles. The van der Waals surface area contributed by atoms with Crippen LogP contribution in [0.1, 0.15) is 15.9 Å². The van der Waals surface area contributed by atoms with E-state index >= 15 is 0 Å². The molecule has 0 fully saturated rings. The van der Waals surface area contributed by atoms with Crippen LogP contribution in [0.2, 0.25) is 0 Å². The Morgan fingerprint density at radius 3 is 2.71 bits per heavy atom. The summed E-state index contributed by atoms with van der Waals surface area (Å²) in [6, 6.07) is 6.68. The first-order valence-corrected chi connectivity index (χ1v) is 6.58. The van der Waals surface area contributed by atoms with E-state index in [2.05, 4.69) is 26.2 Å². The Labute approximate surface area is 127 Å². The lowest BCUT2D eigenvalue weighted by Gasteiger charge is -2.09. The summed E-state index contributed by atoms with van der Waals surface area (Å²) in [4.78, 5) is 24.9. The lowest BCUT2D eigenvalue weighted by Crippen LogP contribution is -2.05. The summed E-state index contributed by atoms with van der Waals surface area (Å²) in [7, 11) is 0. The first-order chi connectivity index (χ1) is 9.88. The van der Waals surface area contributed by atoms with Crippen LogP contribution in [0.25, 0.3) is 0 Å². The van der Waals surface area contributed by atoms with Gasteiger partial charge in [0.15, 0.2) is 0 Å². The standard InChI is InChI=1S/C13H10BrN3O4/c1-7-2-3-10(9(14)4-7)16-12-5-8(13(18)19)11(6-15-12)17(20)21/h2-6H,1H3,(H,15,16)(H,18,19). The fourth-order valence-electron chi connectivity index (χ4n) is 1.69. The molecule has 0 atom stereocenters. The van der Waals surface area contributed by atoms with E-state index in [1.165, 1.54) is 0 Å². The van der Waals surface area contributed by atoms with E-state index in [0.717, 1.165) is 22.3 Å². The van der Waals surface area contributed by atoms with Crippen molar-refractivity contribution in [1.82, 2.24) is 4.98 Å². The number of nitro groups is 1. The van der Waals surface area contributed by atoms with Gasteiger partial charge in [0.1, 0.15) is 17.6 Å². The third kappa shape index (κ3) is 3.34. The Kier molecular flexibility index (Phi) is 4.18. The maximum atomic E-state index is 11.1. The number of benzene rings is 1. The van der Waals surface area contributed by atoms with Gasteiger partial charge >= 0.3 is 11.7 Å². The lowest BCUT2D eigenvalue weighted by atomic mass is 10.2. The average Bonchev–Trinajstić information content (AvgIpc) is 2.41.